The molecule has 5 nitrogen and oxygen atoms in total. The quantitative estimate of drug-likeness (QED) is 0.449. The van der Waals surface area contributed by atoms with Crippen molar-refractivity contribution >= 4 is 29.6 Å². The first-order valence-corrected chi connectivity index (χ1v) is 14.6. The molecule has 0 bridgehead atoms. The van der Waals surface area contributed by atoms with Gasteiger partial charge >= 0.3 is 11.2 Å². The Hall–Kier alpha value is -2.56. The summed E-state index contributed by atoms with van der Waals surface area (Å²) in [6.45, 7) is 7.33. The molecule has 2 heterocycles. The van der Waals surface area contributed by atoms with Gasteiger partial charge in [-0.25, -0.2) is 4.79 Å². The summed E-state index contributed by atoms with van der Waals surface area (Å²) >= 11 is 1.35. The molecule has 30 heavy (non-hydrogen) atoms. The highest BCUT2D eigenvalue weighted by molar-refractivity contribution is 7.19. The van der Waals surface area contributed by atoms with Crippen molar-refractivity contribution in [1.29, 1.82) is 0 Å². The van der Waals surface area contributed by atoms with Crippen LogP contribution in [0.15, 0.2) is 46.0 Å². The second-order valence-corrected chi connectivity index (χ2v) is 14.7. The maximum Gasteiger partial charge on any atom is 0.365 e. The number of thiophene rings is 1. The van der Waals surface area contributed by atoms with Crippen molar-refractivity contribution in [2.75, 3.05) is 0 Å². The highest BCUT2D eigenvalue weighted by Gasteiger charge is 2.23. The van der Waals surface area contributed by atoms with Crippen LogP contribution in [0.1, 0.15) is 29.7 Å². The smallest absolute Gasteiger partial charge is 0.365 e. The fourth-order valence-electron chi connectivity index (χ4n) is 3.37. The van der Waals surface area contributed by atoms with Gasteiger partial charge in [0.1, 0.15) is 19.4 Å². The third-order valence-corrected chi connectivity index (χ3v) is 7.12. The van der Waals surface area contributed by atoms with E-state index in [0.29, 0.717) is 22.7 Å². The Morgan fingerprint density at radius 3 is 2.53 bits per heavy atom. The van der Waals surface area contributed by atoms with E-state index in [4.69, 9.17) is 4.84 Å². The molecule has 0 spiro atoms. The van der Waals surface area contributed by atoms with Crippen LogP contribution in [0.5, 0.6) is 0 Å². The van der Waals surface area contributed by atoms with Gasteiger partial charge in [-0.15, -0.1) is 16.9 Å². The Kier molecular flexibility index (Phi) is 5.72. The summed E-state index contributed by atoms with van der Waals surface area (Å²) in [5, 5.41) is 0. The maximum atomic E-state index is 13.2. The first-order chi connectivity index (χ1) is 14.3. The number of benzene rings is 1. The lowest BCUT2D eigenvalue weighted by molar-refractivity contribution is 0.0760. The summed E-state index contributed by atoms with van der Waals surface area (Å²) in [6.07, 6.45) is 3.43. The molecule has 0 amide bonds. The van der Waals surface area contributed by atoms with Gasteiger partial charge in [0.25, 0.3) is 0 Å². The molecule has 2 aromatic heterocycles. The number of hydrogen-bond donors (Lipinski definition) is 0. The van der Waals surface area contributed by atoms with E-state index in [0.717, 1.165) is 28.0 Å². The third-order valence-electron chi connectivity index (χ3n) is 5.22. The van der Waals surface area contributed by atoms with Crippen molar-refractivity contribution in [3.8, 4) is 11.5 Å². The van der Waals surface area contributed by atoms with E-state index in [1.807, 2.05) is 36.4 Å². The standard InChI is InChI=1S/C23H26N2O3SSi/c1-30(2,3)13-12-19-14-20-21(29-19)22(26)25(28-16-18-8-5-4-6-9-18)23(27)24(20)15-17-10-7-11-17/h4-6,8-9,14,17H,7,10-11,15-16H2,1-3H3. The van der Waals surface area contributed by atoms with E-state index < -0.39 is 19.3 Å². The molecule has 3 aromatic rings. The molecule has 1 aliphatic rings. The minimum Gasteiger partial charge on any atom is -0.401 e. The molecule has 1 aromatic carbocycles. The number of nitrogens with zero attached hydrogens (tertiary/aromatic N) is 2. The normalized spacial score (nSPS) is 14.2. The third kappa shape index (κ3) is 4.45. The Morgan fingerprint density at radius 1 is 1.17 bits per heavy atom. The van der Waals surface area contributed by atoms with Crippen LogP contribution < -0.4 is 16.1 Å². The molecule has 1 fully saturated rings. The Bertz CT molecular complexity index is 1240. The second kappa shape index (κ2) is 8.29. The highest BCUT2D eigenvalue weighted by Crippen LogP contribution is 2.29. The van der Waals surface area contributed by atoms with Crippen LogP contribution in [0.2, 0.25) is 19.6 Å². The van der Waals surface area contributed by atoms with E-state index in [1.165, 1.54) is 17.8 Å². The van der Waals surface area contributed by atoms with Gasteiger partial charge in [-0.1, -0.05) is 67.0 Å². The maximum absolute atomic E-state index is 13.2. The van der Waals surface area contributed by atoms with Crippen molar-refractivity contribution in [3.05, 3.63) is 67.7 Å². The van der Waals surface area contributed by atoms with E-state index in [2.05, 4.69) is 31.1 Å². The average Bonchev–Trinajstić information content (AvgIpc) is 3.10. The van der Waals surface area contributed by atoms with Crippen molar-refractivity contribution in [2.24, 2.45) is 5.92 Å². The van der Waals surface area contributed by atoms with Gasteiger partial charge in [0.15, 0.2) is 0 Å². The Morgan fingerprint density at radius 2 is 1.90 bits per heavy atom. The largest absolute Gasteiger partial charge is 0.401 e. The molecule has 0 aliphatic heterocycles. The van der Waals surface area contributed by atoms with Gasteiger partial charge in [-0.2, -0.15) is 0 Å². The van der Waals surface area contributed by atoms with Crippen molar-refractivity contribution < 1.29 is 4.84 Å². The summed E-state index contributed by atoms with van der Waals surface area (Å²) in [5.74, 6) is 3.71. The molecule has 4 rings (SSSR count). The van der Waals surface area contributed by atoms with Crippen LogP contribution in [0, 0.1) is 17.4 Å². The minimum atomic E-state index is -1.54. The summed E-state index contributed by atoms with van der Waals surface area (Å²) in [6, 6.07) is 11.4. The van der Waals surface area contributed by atoms with Crippen LogP contribution >= 0.6 is 11.3 Å². The van der Waals surface area contributed by atoms with Crippen molar-refractivity contribution in [2.45, 2.75) is 52.1 Å². The van der Waals surface area contributed by atoms with Gasteiger partial charge in [0.2, 0.25) is 0 Å². The molecule has 7 heteroatoms. The van der Waals surface area contributed by atoms with Crippen molar-refractivity contribution in [3.63, 3.8) is 0 Å². The zero-order valence-electron chi connectivity index (χ0n) is 17.6. The zero-order chi connectivity index (χ0) is 21.3. The minimum absolute atomic E-state index is 0.165. The topological polar surface area (TPSA) is 53.2 Å². The molecule has 156 valence electrons. The zero-order valence-corrected chi connectivity index (χ0v) is 19.4. The van der Waals surface area contributed by atoms with E-state index >= 15 is 0 Å². The van der Waals surface area contributed by atoms with Crippen LogP contribution in [0.4, 0.5) is 0 Å². The summed E-state index contributed by atoms with van der Waals surface area (Å²) in [5.41, 5.74) is 4.13. The Balaban J connectivity index is 1.79. The number of fused-ring (bicyclic) bond motifs is 1. The van der Waals surface area contributed by atoms with Gasteiger partial charge in [0.05, 0.1) is 10.4 Å². The van der Waals surface area contributed by atoms with E-state index in [1.54, 1.807) is 4.57 Å². The molecule has 1 aliphatic carbocycles. The highest BCUT2D eigenvalue weighted by atomic mass is 32.1. The SMILES string of the molecule is C[Si](C)(C)C#Cc1cc2c(s1)c(=O)n(OCc1ccccc1)c(=O)n2CC1CCC1. The summed E-state index contributed by atoms with van der Waals surface area (Å²) < 4.78 is 3.17. The first kappa shape index (κ1) is 20.7. The lowest BCUT2D eigenvalue weighted by Gasteiger charge is -2.26. The van der Waals surface area contributed by atoms with Crippen LogP contribution in [0.3, 0.4) is 0 Å². The lowest BCUT2D eigenvalue weighted by Crippen LogP contribution is -2.44. The molecule has 1 saturated carbocycles. The molecule has 0 unspecified atom stereocenters. The number of aromatic nitrogens is 2. The predicted octanol–water partition coefficient (Wildman–Crippen LogP) is 3.88. The molecule has 0 radical (unpaired) electrons. The Labute approximate surface area is 180 Å². The number of hydrogen-bond acceptors (Lipinski definition) is 4. The monoisotopic (exact) mass is 438 g/mol. The fourth-order valence-corrected chi connectivity index (χ4v) is 4.91. The van der Waals surface area contributed by atoms with Gasteiger partial charge in [-0.3, -0.25) is 9.36 Å². The molecule has 0 atom stereocenters. The van der Waals surface area contributed by atoms with Gasteiger partial charge in [-0.05, 0) is 30.4 Å². The molecule has 0 N–H and O–H groups in total. The fraction of sp³-hybridized carbons (Fsp3) is 0.391. The predicted molar refractivity (Wildman–Crippen MR) is 125 cm³/mol. The second-order valence-electron chi connectivity index (χ2n) is 8.87. The molecular formula is C23H26N2O3SSi. The van der Waals surface area contributed by atoms with Crippen molar-refractivity contribution in [1.82, 2.24) is 9.30 Å². The molecule has 0 saturated heterocycles. The van der Waals surface area contributed by atoms with Crippen LogP contribution in [0.25, 0.3) is 10.2 Å². The van der Waals surface area contributed by atoms with Crippen LogP contribution in [-0.4, -0.2) is 17.4 Å². The van der Waals surface area contributed by atoms with Gasteiger partial charge < -0.3 is 4.84 Å². The van der Waals surface area contributed by atoms with E-state index in [-0.39, 0.29) is 6.61 Å². The summed E-state index contributed by atoms with van der Waals surface area (Å²) in [4.78, 5) is 32.8. The first-order valence-electron chi connectivity index (χ1n) is 10.3. The lowest BCUT2D eigenvalue weighted by atomic mass is 9.85. The summed E-state index contributed by atoms with van der Waals surface area (Å²) in [7, 11) is -1.54. The number of rotatable bonds is 5. The van der Waals surface area contributed by atoms with Gasteiger partial charge in [0, 0.05) is 6.54 Å². The average molecular weight is 439 g/mol. The van der Waals surface area contributed by atoms with E-state index in [9.17, 15) is 9.59 Å². The molecular weight excluding hydrogens is 412 g/mol. The van der Waals surface area contributed by atoms with Crippen LogP contribution in [-0.2, 0) is 13.2 Å².